The van der Waals surface area contributed by atoms with E-state index in [1.54, 1.807) is 13.8 Å². The molecular weight excluding hydrogens is 262 g/mol. The Kier molecular flexibility index (Phi) is 3.84. The molecule has 0 heterocycles. The number of halogens is 2. The number of methoxy groups -OCH3 is 1. The monoisotopic (exact) mass is 276 g/mol. The van der Waals surface area contributed by atoms with Crippen molar-refractivity contribution in [2.24, 2.45) is 0 Å². The van der Waals surface area contributed by atoms with Gasteiger partial charge in [-0.15, -0.1) is 0 Å². The van der Waals surface area contributed by atoms with Gasteiger partial charge in [-0.05, 0) is 49.2 Å². The number of hydrogen-bond donors (Lipinski definition) is 0. The Balaban J connectivity index is 2.64. The van der Waals surface area contributed by atoms with Gasteiger partial charge in [0.2, 0.25) is 0 Å². The molecule has 0 fully saturated rings. The predicted octanol–water partition coefficient (Wildman–Crippen LogP) is 3.82. The van der Waals surface area contributed by atoms with Crippen molar-refractivity contribution in [2.75, 3.05) is 7.11 Å². The fraction of sp³-hybridized carbons (Fsp3) is 0.188. The zero-order valence-electron chi connectivity index (χ0n) is 11.5. The molecule has 0 aliphatic carbocycles. The van der Waals surface area contributed by atoms with E-state index in [1.165, 1.54) is 37.4 Å². The van der Waals surface area contributed by atoms with Gasteiger partial charge >= 0.3 is 0 Å². The van der Waals surface area contributed by atoms with Gasteiger partial charge in [0.1, 0.15) is 22.9 Å². The lowest BCUT2D eigenvalue weighted by Crippen LogP contribution is -2.10. The zero-order chi connectivity index (χ0) is 14.9. The molecule has 0 N–H and O–H groups in total. The zero-order valence-corrected chi connectivity index (χ0v) is 11.5. The van der Waals surface area contributed by atoms with Crippen molar-refractivity contribution in [3.05, 3.63) is 64.2 Å². The number of carbonyl (C=O) groups excluding carboxylic acids is 1. The molecule has 2 aromatic rings. The van der Waals surface area contributed by atoms with Crippen molar-refractivity contribution in [1.82, 2.24) is 0 Å². The molecule has 0 unspecified atom stereocenters. The SMILES string of the molecule is COc1cccc(F)c1C(=O)c1c(C)cc(F)cc1C. The van der Waals surface area contributed by atoms with Crippen LogP contribution in [0.1, 0.15) is 27.0 Å². The van der Waals surface area contributed by atoms with Crippen LogP contribution in [0.4, 0.5) is 8.78 Å². The molecule has 0 saturated carbocycles. The molecule has 0 atom stereocenters. The van der Waals surface area contributed by atoms with Crippen LogP contribution < -0.4 is 4.74 Å². The Hall–Kier alpha value is -2.23. The summed E-state index contributed by atoms with van der Waals surface area (Å²) in [6, 6.07) is 6.70. The van der Waals surface area contributed by atoms with Crippen LogP contribution in [-0.2, 0) is 0 Å². The number of aryl methyl sites for hydroxylation is 2. The molecule has 0 amide bonds. The first-order valence-electron chi connectivity index (χ1n) is 6.09. The minimum Gasteiger partial charge on any atom is -0.496 e. The summed E-state index contributed by atoms with van der Waals surface area (Å²) >= 11 is 0. The molecular formula is C16H14F2O2. The summed E-state index contributed by atoms with van der Waals surface area (Å²) in [5, 5.41) is 0. The second kappa shape index (κ2) is 5.41. The van der Waals surface area contributed by atoms with Gasteiger partial charge < -0.3 is 4.74 Å². The highest BCUT2D eigenvalue weighted by Crippen LogP contribution is 2.27. The average molecular weight is 276 g/mol. The third-order valence-electron chi connectivity index (χ3n) is 3.15. The van der Waals surface area contributed by atoms with E-state index in [0.717, 1.165) is 0 Å². The normalized spacial score (nSPS) is 10.4. The number of rotatable bonds is 3. The first kappa shape index (κ1) is 14.2. The molecule has 2 aromatic carbocycles. The second-order valence-corrected chi connectivity index (χ2v) is 4.56. The minimum absolute atomic E-state index is 0.132. The highest BCUT2D eigenvalue weighted by atomic mass is 19.1. The lowest BCUT2D eigenvalue weighted by atomic mass is 9.94. The molecule has 0 aromatic heterocycles. The standard InChI is InChI=1S/C16H14F2O2/c1-9-7-11(17)8-10(2)14(9)16(19)15-12(18)5-4-6-13(15)20-3/h4-8H,1-3H3. The number of benzene rings is 2. The van der Waals surface area contributed by atoms with Crippen LogP contribution in [0.25, 0.3) is 0 Å². The Labute approximate surface area is 116 Å². The van der Waals surface area contributed by atoms with Gasteiger partial charge in [-0.2, -0.15) is 0 Å². The van der Waals surface area contributed by atoms with Crippen LogP contribution in [0.2, 0.25) is 0 Å². The van der Waals surface area contributed by atoms with Crippen molar-refractivity contribution < 1.29 is 18.3 Å². The van der Waals surface area contributed by atoms with Crippen molar-refractivity contribution >= 4 is 5.78 Å². The third kappa shape index (κ3) is 2.41. The number of ketones is 1. The quantitative estimate of drug-likeness (QED) is 0.797. The number of hydrogen-bond acceptors (Lipinski definition) is 2. The summed E-state index contributed by atoms with van der Waals surface area (Å²) in [7, 11) is 1.37. The highest BCUT2D eigenvalue weighted by molar-refractivity contribution is 6.12. The van der Waals surface area contributed by atoms with Crippen molar-refractivity contribution in [3.8, 4) is 5.75 Å². The van der Waals surface area contributed by atoms with E-state index in [2.05, 4.69) is 0 Å². The molecule has 2 nitrogen and oxygen atoms in total. The van der Waals surface area contributed by atoms with Gasteiger partial charge in [0.05, 0.1) is 7.11 Å². The third-order valence-corrected chi connectivity index (χ3v) is 3.15. The van der Waals surface area contributed by atoms with Gasteiger partial charge in [-0.3, -0.25) is 4.79 Å². The Morgan fingerprint density at radius 1 is 1.05 bits per heavy atom. The van der Waals surface area contributed by atoms with E-state index in [1.807, 2.05) is 0 Å². The molecule has 0 spiro atoms. The topological polar surface area (TPSA) is 26.3 Å². The van der Waals surface area contributed by atoms with E-state index in [-0.39, 0.29) is 11.3 Å². The summed E-state index contributed by atoms with van der Waals surface area (Å²) in [6.07, 6.45) is 0. The fourth-order valence-corrected chi connectivity index (χ4v) is 2.29. The van der Waals surface area contributed by atoms with Gasteiger partial charge in [0, 0.05) is 5.56 Å². The highest BCUT2D eigenvalue weighted by Gasteiger charge is 2.22. The number of carbonyl (C=O) groups is 1. The van der Waals surface area contributed by atoms with E-state index in [4.69, 9.17) is 4.74 Å². The van der Waals surface area contributed by atoms with E-state index in [0.29, 0.717) is 16.7 Å². The first-order valence-corrected chi connectivity index (χ1v) is 6.09. The maximum absolute atomic E-state index is 13.9. The van der Waals surface area contributed by atoms with Crippen molar-refractivity contribution in [2.45, 2.75) is 13.8 Å². The van der Waals surface area contributed by atoms with E-state index in [9.17, 15) is 13.6 Å². The van der Waals surface area contributed by atoms with E-state index >= 15 is 0 Å². The van der Waals surface area contributed by atoms with Gasteiger partial charge in [0.25, 0.3) is 0 Å². The molecule has 20 heavy (non-hydrogen) atoms. The molecule has 0 saturated heterocycles. The molecule has 0 bridgehead atoms. The molecule has 0 aliphatic rings. The van der Waals surface area contributed by atoms with Crippen LogP contribution >= 0.6 is 0 Å². The largest absolute Gasteiger partial charge is 0.496 e. The smallest absolute Gasteiger partial charge is 0.200 e. The van der Waals surface area contributed by atoms with Crippen LogP contribution in [-0.4, -0.2) is 12.9 Å². The van der Waals surface area contributed by atoms with Crippen LogP contribution in [0, 0.1) is 25.5 Å². The molecule has 0 radical (unpaired) electrons. The van der Waals surface area contributed by atoms with Crippen molar-refractivity contribution in [3.63, 3.8) is 0 Å². The lowest BCUT2D eigenvalue weighted by molar-refractivity contribution is 0.103. The van der Waals surface area contributed by atoms with Crippen LogP contribution in [0.5, 0.6) is 5.75 Å². The predicted molar refractivity (Wildman–Crippen MR) is 72.3 cm³/mol. The molecule has 2 rings (SSSR count). The lowest BCUT2D eigenvalue weighted by Gasteiger charge is -2.12. The van der Waals surface area contributed by atoms with Gasteiger partial charge in [0.15, 0.2) is 5.78 Å². The summed E-state index contributed by atoms with van der Waals surface area (Å²) in [4.78, 5) is 12.6. The van der Waals surface area contributed by atoms with Crippen LogP contribution in [0.15, 0.2) is 30.3 Å². The maximum Gasteiger partial charge on any atom is 0.200 e. The van der Waals surface area contributed by atoms with Crippen molar-refractivity contribution in [1.29, 1.82) is 0 Å². The average Bonchev–Trinajstić information content (AvgIpc) is 2.36. The summed E-state index contributed by atoms with van der Waals surface area (Å²) in [5.74, 6) is -1.41. The molecule has 104 valence electrons. The van der Waals surface area contributed by atoms with Gasteiger partial charge in [-0.25, -0.2) is 8.78 Å². The maximum atomic E-state index is 13.9. The van der Waals surface area contributed by atoms with Gasteiger partial charge in [-0.1, -0.05) is 6.07 Å². The minimum atomic E-state index is -0.655. The summed E-state index contributed by atoms with van der Waals surface area (Å²) < 4.78 is 32.3. The Morgan fingerprint density at radius 2 is 1.65 bits per heavy atom. The van der Waals surface area contributed by atoms with Crippen LogP contribution in [0.3, 0.4) is 0 Å². The Morgan fingerprint density at radius 3 is 2.20 bits per heavy atom. The number of ether oxygens (including phenoxy) is 1. The summed E-state index contributed by atoms with van der Waals surface area (Å²) in [5.41, 5.74) is 1.11. The van der Waals surface area contributed by atoms with E-state index < -0.39 is 17.4 Å². The molecule has 0 aliphatic heterocycles. The fourth-order valence-electron chi connectivity index (χ4n) is 2.29. The Bertz CT molecular complexity index is 655. The summed E-state index contributed by atoms with van der Waals surface area (Å²) in [6.45, 7) is 3.24. The first-order chi connectivity index (χ1) is 9.45. The second-order valence-electron chi connectivity index (χ2n) is 4.56. The molecule has 4 heteroatoms.